The molecule has 146 valence electrons. The number of rotatable bonds is 8. The Bertz CT molecular complexity index is 733. The van der Waals surface area contributed by atoms with E-state index < -0.39 is 10.0 Å². The molecule has 0 atom stereocenters. The van der Waals surface area contributed by atoms with Crippen molar-refractivity contribution in [1.82, 2.24) is 9.21 Å². The van der Waals surface area contributed by atoms with Crippen LogP contribution in [0.25, 0.3) is 0 Å². The van der Waals surface area contributed by atoms with Gasteiger partial charge < -0.3 is 14.4 Å². The Hall–Kier alpha value is -1.48. The Morgan fingerprint density at radius 2 is 2.00 bits per heavy atom. The molecular formula is C18H28N2O5S. The van der Waals surface area contributed by atoms with Crippen molar-refractivity contribution in [3.8, 4) is 0 Å². The van der Waals surface area contributed by atoms with Gasteiger partial charge in [-0.05, 0) is 43.5 Å². The predicted molar refractivity (Wildman–Crippen MR) is 98.3 cm³/mol. The highest BCUT2D eigenvalue weighted by molar-refractivity contribution is 7.89. The van der Waals surface area contributed by atoms with E-state index in [1.165, 1.54) is 4.31 Å². The lowest BCUT2D eigenvalue weighted by Gasteiger charge is -2.29. The lowest BCUT2D eigenvalue weighted by Crippen LogP contribution is -2.38. The maximum absolute atomic E-state index is 12.7. The minimum atomic E-state index is -3.54. The normalized spacial score (nSPS) is 14.8. The Labute approximate surface area is 155 Å². The van der Waals surface area contributed by atoms with Crippen LogP contribution in [0.3, 0.4) is 0 Å². The number of hydrogen-bond acceptors (Lipinski definition) is 5. The molecule has 26 heavy (non-hydrogen) atoms. The van der Waals surface area contributed by atoms with Gasteiger partial charge in [0.2, 0.25) is 15.9 Å². The molecule has 0 saturated heterocycles. The van der Waals surface area contributed by atoms with Crippen molar-refractivity contribution in [2.24, 2.45) is 0 Å². The first-order valence-corrected chi connectivity index (χ1v) is 10.2. The van der Waals surface area contributed by atoms with Crippen LogP contribution in [0.5, 0.6) is 0 Å². The van der Waals surface area contributed by atoms with E-state index in [0.717, 1.165) is 11.1 Å². The number of ether oxygens (including phenoxy) is 2. The van der Waals surface area contributed by atoms with Gasteiger partial charge in [-0.25, -0.2) is 8.42 Å². The Kier molecular flexibility index (Phi) is 7.16. The monoisotopic (exact) mass is 384 g/mol. The van der Waals surface area contributed by atoms with Gasteiger partial charge in [0.25, 0.3) is 0 Å². The average molecular weight is 384 g/mol. The molecule has 0 bridgehead atoms. The van der Waals surface area contributed by atoms with Gasteiger partial charge in [-0.15, -0.1) is 0 Å². The molecule has 0 fully saturated rings. The summed E-state index contributed by atoms with van der Waals surface area (Å²) in [7, 11) is -0.384. The summed E-state index contributed by atoms with van der Waals surface area (Å²) in [6.07, 6.45) is 0.708. The van der Waals surface area contributed by atoms with E-state index in [2.05, 4.69) is 0 Å². The number of hydrogen-bond donors (Lipinski definition) is 0. The molecule has 0 unspecified atom stereocenters. The highest BCUT2D eigenvalue weighted by Crippen LogP contribution is 2.25. The molecule has 0 aliphatic carbocycles. The van der Waals surface area contributed by atoms with Gasteiger partial charge in [0.15, 0.2) is 0 Å². The molecule has 0 saturated carbocycles. The van der Waals surface area contributed by atoms with Crippen molar-refractivity contribution in [3.63, 3.8) is 0 Å². The second kappa shape index (κ2) is 8.94. The van der Waals surface area contributed by atoms with E-state index in [1.54, 1.807) is 31.2 Å². The zero-order valence-corrected chi connectivity index (χ0v) is 16.7. The summed E-state index contributed by atoms with van der Waals surface area (Å²) in [6.45, 7) is 5.50. The third kappa shape index (κ3) is 4.82. The molecule has 7 nitrogen and oxygen atoms in total. The fraction of sp³-hybridized carbons (Fsp3) is 0.611. The quantitative estimate of drug-likeness (QED) is 0.631. The van der Waals surface area contributed by atoms with Crippen molar-refractivity contribution >= 4 is 15.9 Å². The maximum atomic E-state index is 12.7. The number of amides is 1. The first-order valence-electron chi connectivity index (χ1n) is 8.71. The van der Waals surface area contributed by atoms with Gasteiger partial charge >= 0.3 is 0 Å². The molecule has 8 heteroatoms. The van der Waals surface area contributed by atoms with Crippen LogP contribution in [0, 0.1) is 0 Å². The average Bonchev–Trinajstić information content (AvgIpc) is 2.63. The number of benzene rings is 1. The lowest BCUT2D eigenvalue weighted by molar-refractivity contribution is -0.137. The third-order valence-electron chi connectivity index (χ3n) is 4.60. The smallest absolute Gasteiger partial charge is 0.248 e. The summed E-state index contributed by atoms with van der Waals surface area (Å²) in [6, 6.07) is 5.07. The molecule has 0 N–H and O–H groups in total. The molecule has 1 aliphatic heterocycles. The summed E-state index contributed by atoms with van der Waals surface area (Å²) >= 11 is 0. The number of sulfonamides is 1. The van der Waals surface area contributed by atoms with Crippen LogP contribution >= 0.6 is 0 Å². The van der Waals surface area contributed by atoms with E-state index in [0.29, 0.717) is 32.7 Å². The molecule has 0 aromatic heterocycles. The first kappa shape index (κ1) is 20.8. The zero-order valence-electron chi connectivity index (χ0n) is 15.9. The highest BCUT2D eigenvalue weighted by atomic mass is 32.2. The van der Waals surface area contributed by atoms with Gasteiger partial charge in [0, 0.05) is 33.3 Å². The molecule has 1 amide bonds. The van der Waals surface area contributed by atoms with Crippen molar-refractivity contribution < 1.29 is 22.7 Å². The summed E-state index contributed by atoms with van der Waals surface area (Å²) in [5, 5.41) is 0. The number of fused-ring (bicyclic) bond motifs is 1. The molecule has 1 heterocycles. The third-order valence-corrected chi connectivity index (χ3v) is 6.63. The van der Waals surface area contributed by atoms with E-state index >= 15 is 0 Å². The number of carbonyl (C=O) groups is 1. The highest BCUT2D eigenvalue weighted by Gasteiger charge is 2.26. The van der Waals surface area contributed by atoms with Crippen LogP contribution in [0.15, 0.2) is 23.1 Å². The van der Waals surface area contributed by atoms with Gasteiger partial charge in [0.1, 0.15) is 6.61 Å². The van der Waals surface area contributed by atoms with Gasteiger partial charge in [-0.2, -0.15) is 4.31 Å². The minimum absolute atomic E-state index is 0.00672. The Morgan fingerprint density at radius 3 is 2.65 bits per heavy atom. The van der Waals surface area contributed by atoms with E-state index in [9.17, 15) is 13.2 Å². The topological polar surface area (TPSA) is 76.1 Å². The second-order valence-electron chi connectivity index (χ2n) is 6.66. The number of methoxy groups -OCH3 is 1. The van der Waals surface area contributed by atoms with Crippen LogP contribution < -0.4 is 0 Å². The van der Waals surface area contributed by atoms with Crippen LogP contribution in [0.2, 0.25) is 0 Å². The van der Waals surface area contributed by atoms with Crippen molar-refractivity contribution in [2.45, 2.75) is 37.8 Å². The summed E-state index contributed by atoms with van der Waals surface area (Å²) in [4.78, 5) is 14.3. The number of carbonyl (C=O) groups excluding carboxylic acids is 1. The molecule has 0 spiro atoms. The van der Waals surface area contributed by atoms with Gasteiger partial charge in [0.05, 0.1) is 18.1 Å². The first-order chi connectivity index (χ1) is 12.3. The number of nitrogens with zero attached hydrogens (tertiary/aromatic N) is 2. The molecular weight excluding hydrogens is 356 g/mol. The zero-order chi connectivity index (χ0) is 19.3. The van der Waals surface area contributed by atoms with Crippen LogP contribution in [0.4, 0.5) is 0 Å². The van der Waals surface area contributed by atoms with Crippen LogP contribution in [0.1, 0.15) is 25.0 Å². The maximum Gasteiger partial charge on any atom is 0.248 e. The summed E-state index contributed by atoms with van der Waals surface area (Å²) < 4.78 is 36.9. The Morgan fingerprint density at radius 1 is 1.27 bits per heavy atom. The predicted octanol–water partition coefficient (Wildman–Crippen LogP) is 1.26. The van der Waals surface area contributed by atoms with Crippen molar-refractivity contribution in [3.05, 3.63) is 29.3 Å². The van der Waals surface area contributed by atoms with E-state index in [-0.39, 0.29) is 23.5 Å². The van der Waals surface area contributed by atoms with Crippen molar-refractivity contribution in [2.75, 3.05) is 40.5 Å². The lowest BCUT2D eigenvalue weighted by atomic mass is 10.00. The van der Waals surface area contributed by atoms with Crippen LogP contribution in [-0.2, 0) is 37.3 Å². The minimum Gasteiger partial charge on any atom is -0.382 e. The SMILES string of the molecule is COCCOCC(=O)N1CCc2ccc(S(=O)(=O)N(C)C(C)C)cc2C1. The standard InChI is InChI=1S/C18H28N2O5S/c1-14(2)19(3)26(22,23)17-6-5-15-7-8-20(12-16(15)11-17)18(21)13-25-10-9-24-4/h5-6,11,14H,7-10,12-13H2,1-4H3. The van der Waals surface area contributed by atoms with Crippen LogP contribution in [-0.4, -0.2) is 70.1 Å². The molecule has 0 radical (unpaired) electrons. The second-order valence-corrected chi connectivity index (χ2v) is 8.65. The molecule has 1 aromatic rings. The molecule has 1 aromatic carbocycles. The summed E-state index contributed by atoms with van der Waals surface area (Å²) in [5.74, 6) is -0.0979. The Balaban J connectivity index is 2.11. The van der Waals surface area contributed by atoms with E-state index in [1.807, 2.05) is 19.9 Å². The van der Waals surface area contributed by atoms with Gasteiger partial charge in [-0.3, -0.25) is 4.79 Å². The molecule has 1 aliphatic rings. The van der Waals surface area contributed by atoms with Gasteiger partial charge in [-0.1, -0.05) is 6.07 Å². The fourth-order valence-corrected chi connectivity index (χ4v) is 4.16. The van der Waals surface area contributed by atoms with E-state index in [4.69, 9.17) is 9.47 Å². The largest absolute Gasteiger partial charge is 0.382 e. The fourth-order valence-electron chi connectivity index (χ4n) is 2.74. The molecule has 2 rings (SSSR count). The summed E-state index contributed by atoms with van der Waals surface area (Å²) in [5.41, 5.74) is 1.96. The van der Waals surface area contributed by atoms with Crippen molar-refractivity contribution in [1.29, 1.82) is 0 Å².